The van der Waals surface area contributed by atoms with Crippen LogP contribution in [0.1, 0.15) is 18.9 Å². The molecule has 1 aromatic rings. The highest BCUT2D eigenvalue weighted by molar-refractivity contribution is 9.10. The maximum Gasteiger partial charge on any atom is 0.239 e. The van der Waals surface area contributed by atoms with Gasteiger partial charge in [0.1, 0.15) is 0 Å². The SMILES string of the molecule is CCCNC(=O)CNc1cc(C)ccc1Br. The molecule has 1 aromatic carbocycles. The summed E-state index contributed by atoms with van der Waals surface area (Å²) in [5, 5.41) is 5.92. The van der Waals surface area contributed by atoms with E-state index in [1.54, 1.807) is 0 Å². The van der Waals surface area contributed by atoms with Gasteiger partial charge in [0.25, 0.3) is 0 Å². The Labute approximate surface area is 105 Å². The quantitative estimate of drug-likeness (QED) is 0.873. The summed E-state index contributed by atoms with van der Waals surface area (Å²) in [4.78, 5) is 11.4. The summed E-state index contributed by atoms with van der Waals surface area (Å²) in [6.45, 7) is 5.09. The Morgan fingerprint density at radius 1 is 1.44 bits per heavy atom. The summed E-state index contributed by atoms with van der Waals surface area (Å²) in [5.41, 5.74) is 2.12. The highest BCUT2D eigenvalue weighted by Crippen LogP contribution is 2.22. The number of nitrogens with one attached hydrogen (secondary N) is 2. The average molecular weight is 285 g/mol. The van der Waals surface area contributed by atoms with Crippen molar-refractivity contribution in [2.45, 2.75) is 20.3 Å². The molecular formula is C12H17BrN2O. The maximum absolute atomic E-state index is 11.4. The van der Waals surface area contributed by atoms with Gasteiger partial charge in [0, 0.05) is 16.7 Å². The zero-order valence-electron chi connectivity index (χ0n) is 9.64. The maximum atomic E-state index is 11.4. The standard InChI is InChI=1S/C12H17BrN2O/c1-3-6-14-12(16)8-15-11-7-9(2)4-5-10(11)13/h4-5,7,15H,3,6,8H2,1-2H3,(H,14,16). The molecule has 0 aliphatic carbocycles. The van der Waals surface area contributed by atoms with Crippen molar-refractivity contribution in [3.63, 3.8) is 0 Å². The van der Waals surface area contributed by atoms with Crippen molar-refractivity contribution in [1.29, 1.82) is 0 Å². The number of hydrogen-bond acceptors (Lipinski definition) is 2. The molecule has 3 nitrogen and oxygen atoms in total. The molecular weight excluding hydrogens is 268 g/mol. The summed E-state index contributed by atoms with van der Waals surface area (Å²) in [6.07, 6.45) is 0.958. The second-order valence-electron chi connectivity index (χ2n) is 3.69. The van der Waals surface area contributed by atoms with Crippen molar-refractivity contribution in [1.82, 2.24) is 5.32 Å². The predicted molar refractivity (Wildman–Crippen MR) is 70.7 cm³/mol. The van der Waals surface area contributed by atoms with Crippen molar-refractivity contribution in [2.75, 3.05) is 18.4 Å². The number of amides is 1. The Bertz CT molecular complexity index is 366. The van der Waals surface area contributed by atoms with Crippen molar-refractivity contribution < 1.29 is 4.79 Å². The van der Waals surface area contributed by atoms with Gasteiger partial charge >= 0.3 is 0 Å². The number of benzene rings is 1. The number of rotatable bonds is 5. The van der Waals surface area contributed by atoms with Gasteiger partial charge < -0.3 is 10.6 Å². The Hall–Kier alpha value is -1.03. The van der Waals surface area contributed by atoms with E-state index in [0.717, 1.165) is 23.1 Å². The molecule has 0 spiro atoms. The molecule has 0 atom stereocenters. The van der Waals surface area contributed by atoms with Crippen molar-refractivity contribution >= 4 is 27.5 Å². The lowest BCUT2D eigenvalue weighted by Gasteiger charge is -2.09. The second kappa shape index (κ2) is 6.53. The monoisotopic (exact) mass is 284 g/mol. The molecule has 1 rings (SSSR count). The fraction of sp³-hybridized carbons (Fsp3) is 0.417. The Kier molecular flexibility index (Phi) is 5.32. The van der Waals surface area contributed by atoms with Crippen LogP contribution in [0.25, 0.3) is 0 Å². The summed E-state index contributed by atoms with van der Waals surface area (Å²) >= 11 is 3.44. The fourth-order valence-electron chi connectivity index (χ4n) is 1.28. The predicted octanol–water partition coefficient (Wildman–Crippen LogP) is 2.70. The van der Waals surface area contributed by atoms with E-state index in [9.17, 15) is 4.79 Å². The first-order chi connectivity index (χ1) is 7.63. The molecule has 4 heteroatoms. The van der Waals surface area contributed by atoms with Crippen LogP contribution >= 0.6 is 15.9 Å². The van der Waals surface area contributed by atoms with Crippen LogP contribution < -0.4 is 10.6 Å². The van der Waals surface area contributed by atoms with E-state index in [1.165, 1.54) is 5.56 Å². The van der Waals surface area contributed by atoms with E-state index in [1.807, 2.05) is 32.0 Å². The van der Waals surface area contributed by atoms with E-state index >= 15 is 0 Å². The third-order valence-electron chi connectivity index (χ3n) is 2.13. The van der Waals surface area contributed by atoms with Crippen LogP contribution in [0.4, 0.5) is 5.69 Å². The van der Waals surface area contributed by atoms with E-state index in [0.29, 0.717) is 6.54 Å². The topological polar surface area (TPSA) is 41.1 Å². The first-order valence-electron chi connectivity index (χ1n) is 5.40. The number of aryl methyl sites for hydroxylation is 1. The third-order valence-corrected chi connectivity index (χ3v) is 2.82. The first-order valence-corrected chi connectivity index (χ1v) is 6.19. The average Bonchev–Trinajstić information content (AvgIpc) is 2.27. The van der Waals surface area contributed by atoms with Gasteiger partial charge in [-0.15, -0.1) is 0 Å². The van der Waals surface area contributed by atoms with Crippen LogP contribution in [0.15, 0.2) is 22.7 Å². The summed E-state index contributed by atoms with van der Waals surface area (Å²) in [6, 6.07) is 6.01. The molecule has 0 aliphatic rings. The fourth-order valence-corrected chi connectivity index (χ4v) is 1.66. The Morgan fingerprint density at radius 2 is 2.19 bits per heavy atom. The normalized spacial score (nSPS) is 9.94. The summed E-state index contributed by atoms with van der Waals surface area (Å²) in [7, 11) is 0. The molecule has 0 unspecified atom stereocenters. The lowest BCUT2D eigenvalue weighted by Crippen LogP contribution is -2.30. The smallest absolute Gasteiger partial charge is 0.239 e. The van der Waals surface area contributed by atoms with Crippen LogP contribution in [-0.2, 0) is 4.79 Å². The third kappa shape index (κ3) is 4.23. The van der Waals surface area contributed by atoms with Crippen molar-refractivity contribution in [3.8, 4) is 0 Å². The van der Waals surface area contributed by atoms with E-state index in [-0.39, 0.29) is 5.91 Å². The zero-order chi connectivity index (χ0) is 12.0. The van der Waals surface area contributed by atoms with Gasteiger partial charge in [-0.05, 0) is 47.0 Å². The molecule has 16 heavy (non-hydrogen) atoms. The lowest BCUT2D eigenvalue weighted by molar-refractivity contribution is -0.119. The van der Waals surface area contributed by atoms with Crippen molar-refractivity contribution in [2.24, 2.45) is 0 Å². The molecule has 0 saturated carbocycles. The number of carbonyl (C=O) groups excluding carboxylic acids is 1. The minimum absolute atomic E-state index is 0.0234. The zero-order valence-corrected chi connectivity index (χ0v) is 11.2. The summed E-state index contributed by atoms with van der Waals surface area (Å²) in [5.74, 6) is 0.0234. The van der Waals surface area contributed by atoms with Gasteiger partial charge in [0.05, 0.1) is 6.54 Å². The van der Waals surface area contributed by atoms with E-state index in [2.05, 4.69) is 26.6 Å². The molecule has 0 fully saturated rings. The Balaban J connectivity index is 2.47. The van der Waals surface area contributed by atoms with E-state index in [4.69, 9.17) is 0 Å². The van der Waals surface area contributed by atoms with Crippen molar-refractivity contribution in [3.05, 3.63) is 28.2 Å². The van der Waals surface area contributed by atoms with Gasteiger partial charge in [-0.3, -0.25) is 4.79 Å². The minimum Gasteiger partial charge on any atom is -0.375 e. The molecule has 0 radical (unpaired) electrons. The molecule has 0 bridgehead atoms. The van der Waals surface area contributed by atoms with Crippen LogP contribution in [0, 0.1) is 6.92 Å². The van der Waals surface area contributed by atoms with Crippen LogP contribution in [0.3, 0.4) is 0 Å². The molecule has 0 aromatic heterocycles. The second-order valence-corrected chi connectivity index (χ2v) is 4.54. The molecule has 1 amide bonds. The molecule has 0 saturated heterocycles. The number of hydrogen-bond donors (Lipinski definition) is 2. The minimum atomic E-state index is 0.0234. The van der Waals surface area contributed by atoms with Gasteiger partial charge in [0.2, 0.25) is 5.91 Å². The van der Waals surface area contributed by atoms with Crippen LogP contribution in [0.5, 0.6) is 0 Å². The summed E-state index contributed by atoms with van der Waals surface area (Å²) < 4.78 is 0.974. The lowest BCUT2D eigenvalue weighted by atomic mass is 10.2. The number of halogens is 1. The number of anilines is 1. The largest absolute Gasteiger partial charge is 0.375 e. The van der Waals surface area contributed by atoms with Gasteiger partial charge in [-0.1, -0.05) is 13.0 Å². The first kappa shape index (κ1) is 13.0. The van der Waals surface area contributed by atoms with Crippen LogP contribution in [-0.4, -0.2) is 19.0 Å². The van der Waals surface area contributed by atoms with E-state index < -0.39 is 0 Å². The van der Waals surface area contributed by atoms with Gasteiger partial charge in [-0.25, -0.2) is 0 Å². The molecule has 88 valence electrons. The molecule has 2 N–H and O–H groups in total. The molecule has 0 heterocycles. The highest BCUT2D eigenvalue weighted by Gasteiger charge is 2.02. The van der Waals surface area contributed by atoms with Crippen LogP contribution in [0.2, 0.25) is 0 Å². The van der Waals surface area contributed by atoms with Gasteiger partial charge in [-0.2, -0.15) is 0 Å². The number of carbonyl (C=O) groups is 1. The van der Waals surface area contributed by atoms with Gasteiger partial charge in [0.15, 0.2) is 0 Å². The highest BCUT2D eigenvalue weighted by atomic mass is 79.9. The Morgan fingerprint density at radius 3 is 2.88 bits per heavy atom. The molecule has 0 aliphatic heterocycles.